The molecule has 3 N–H and O–H groups in total. The Bertz CT molecular complexity index is 271. The second-order valence-corrected chi connectivity index (χ2v) is 2.40. The Kier molecular flexibility index (Phi) is 2.16. The maximum Gasteiger partial charge on any atom is 0.325 e. The van der Waals surface area contributed by atoms with Gasteiger partial charge in [0.25, 0.3) is 0 Å². The summed E-state index contributed by atoms with van der Waals surface area (Å²) in [5, 5.41) is 8.69. The standard InChI is InChI=1S/C6H6ClNO3/c7-4-2-11-1-3(4)5(8)6(9)10/h1-2,5H,8H2,(H,9,10). The van der Waals surface area contributed by atoms with E-state index in [9.17, 15) is 4.79 Å². The van der Waals surface area contributed by atoms with Gasteiger partial charge in [0.15, 0.2) is 0 Å². The molecule has 1 aromatic rings. The van der Waals surface area contributed by atoms with Crippen molar-refractivity contribution in [1.29, 1.82) is 0 Å². The molecule has 0 aromatic carbocycles. The van der Waals surface area contributed by atoms with Crippen molar-refractivity contribution in [1.82, 2.24) is 0 Å². The first-order valence-electron chi connectivity index (χ1n) is 2.83. The molecule has 0 aliphatic rings. The van der Waals surface area contributed by atoms with Gasteiger partial charge in [-0.3, -0.25) is 4.79 Å². The van der Waals surface area contributed by atoms with E-state index in [1.165, 1.54) is 12.5 Å². The van der Waals surface area contributed by atoms with Crippen LogP contribution in [0, 0.1) is 0 Å². The molecule has 0 saturated carbocycles. The van der Waals surface area contributed by atoms with Crippen LogP contribution in [0.2, 0.25) is 5.02 Å². The predicted molar refractivity (Wildman–Crippen MR) is 38.3 cm³/mol. The fourth-order valence-electron chi connectivity index (χ4n) is 0.646. The lowest BCUT2D eigenvalue weighted by molar-refractivity contribution is -0.138. The molecule has 0 spiro atoms. The van der Waals surface area contributed by atoms with Crippen molar-refractivity contribution in [3.63, 3.8) is 0 Å². The van der Waals surface area contributed by atoms with E-state index in [1.807, 2.05) is 0 Å². The van der Waals surface area contributed by atoms with Crippen LogP contribution in [0.4, 0.5) is 0 Å². The number of hydrogen-bond acceptors (Lipinski definition) is 3. The van der Waals surface area contributed by atoms with Crippen LogP contribution in [0.25, 0.3) is 0 Å². The number of carboxylic acids is 1. The Morgan fingerprint density at radius 2 is 2.36 bits per heavy atom. The predicted octanol–water partition coefficient (Wildman–Crippen LogP) is 1.02. The lowest BCUT2D eigenvalue weighted by Gasteiger charge is -2.01. The summed E-state index contributed by atoms with van der Waals surface area (Å²) in [5.74, 6) is -1.13. The average Bonchev–Trinajstić information content (AvgIpc) is 2.33. The molecule has 60 valence electrons. The molecule has 11 heavy (non-hydrogen) atoms. The van der Waals surface area contributed by atoms with E-state index >= 15 is 0 Å². The van der Waals surface area contributed by atoms with Crippen molar-refractivity contribution in [3.05, 3.63) is 23.1 Å². The normalized spacial score (nSPS) is 12.9. The summed E-state index contributed by atoms with van der Waals surface area (Å²) >= 11 is 5.54. The molecule has 1 rings (SSSR count). The van der Waals surface area contributed by atoms with Gasteiger partial charge in [-0.05, 0) is 0 Å². The Morgan fingerprint density at radius 3 is 2.73 bits per heavy atom. The quantitative estimate of drug-likeness (QED) is 0.704. The minimum atomic E-state index is -1.13. The van der Waals surface area contributed by atoms with Gasteiger partial charge >= 0.3 is 5.97 Å². The SMILES string of the molecule is NC(C(=O)O)c1cocc1Cl. The van der Waals surface area contributed by atoms with Gasteiger partial charge in [0.1, 0.15) is 12.3 Å². The molecule has 0 bridgehead atoms. The number of halogens is 1. The van der Waals surface area contributed by atoms with Gasteiger partial charge in [-0.1, -0.05) is 11.6 Å². The van der Waals surface area contributed by atoms with Gasteiger partial charge in [0.2, 0.25) is 0 Å². The van der Waals surface area contributed by atoms with Gasteiger partial charge < -0.3 is 15.3 Å². The number of aliphatic carboxylic acids is 1. The highest BCUT2D eigenvalue weighted by Crippen LogP contribution is 2.22. The van der Waals surface area contributed by atoms with Gasteiger partial charge in [-0.25, -0.2) is 0 Å². The van der Waals surface area contributed by atoms with Gasteiger partial charge in [0.05, 0.1) is 11.3 Å². The van der Waals surface area contributed by atoms with Crippen LogP contribution in [0.15, 0.2) is 16.9 Å². The van der Waals surface area contributed by atoms with Crippen LogP contribution in [-0.4, -0.2) is 11.1 Å². The summed E-state index contributed by atoms with van der Waals surface area (Å²) in [6, 6.07) is -1.11. The molecule has 1 aromatic heterocycles. The largest absolute Gasteiger partial charge is 0.480 e. The number of hydrogen-bond donors (Lipinski definition) is 2. The number of rotatable bonds is 2. The Hall–Kier alpha value is -1.00. The summed E-state index contributed by atoms with van der Waals surface area (Å²) in [7, 11) is 0. The topological polar surface area (TPSA) is 76.5 Å². The third-order valence-electron chi connectivity index (χ3n) is 1.24. The van der Waals surface area contributed by atoms with Gasteiger partial charge in [0, 0.05) is 5.56 Å². The van der Waals surface area contributed by atoms with Crippen molar-refractivity contribution >= 4 is 17.6 Å². The van der Waals surface area contributed by atoms with Crippen molar-refractivity contribution in [2.45, 2.75) is 6.04 Å². The molecule has 0 aliphatic carbocycles. The third-order valence-corrected chi connectivity index (χ3v) is 1.55. The van der Waals surface area contributed by atoms with E-state index in [4.69, 9.17) is 22.4 Å². The summed E-state index contributed by atoms with van der Waals surface area (Å²) in [6.45, 7) is 0. The smallest absolute Gasteiger partial charge is 0.325 e. The van der Waals surface area contributed by atoms with Crippen LogP contribution in [0.3, 0.4) is 0 Å². The highest BCUT2D eigenvalue weighted by Gasteiger charge is 2.18. The molecule has 1 unspecified atom stereocenters. The summed E-state index contributed by atoms with van der Waals surface area (Å²) < 4.78 is 4.64. The van der Waals surface area contributed by atoms with Gasteiger partial charge in [-0.15, -0.1) is 0 Å². The van der Waals surface area contributed by atoms with E-state index in [0.29, 0.717) is 5.56 Å². The molecule has 1 atom stereocenters. The second-order valence-electron chi connectivity index (χ2n) is 1.99. The van der Waals surface area contributed by atoms with E-state index < -0.39 is 12.0 Å². The first-order valence-corrected chi connectivity index (χ1v) is 3.20. The second kappa shape index (κ2) is 2.94. The molecule has 0 aliphatic heterocycles. The number of carbonyl (C=O) groups is 1. The Morgan fingerprint density at radius 1 is 1.73 bits per heavy atom. The molecule has 4 nitrogen and oxygen atoms in total. The number of carboxylic acid groups (broad SMARTS) is 1. The maximum absolute atomic E-state index is 10.3. The molecular weight excluding hydrogens is 170 g/mol. The van der Waals surface area contributed by atoms with Crippen LogP contribution in [-0.2, 0) is 4.79 Å². The summed E-state index contributed by atoms with van der Waals surface area (Å²) in [6.07, 6.45) is 2.46. The zero-order valence-corrected chi connectivity index (χ0v) is 6.21. The zero-order valence-electron chi connectivity index (χ0n) is 5.45. The molecule has 0 radical (unpaired) electrons. The zero-order chi connectivity index (χ0) is 8.43. The van der Waals surface area contributed by atoms with Gasteiger partial charge in [-0.2, -0.15) is 0 Å². The van der Waals surface area contributed by atoms with E-state index in [2.05, 4.69) is 4.42 Å². The van der Waals surface area contributed by atoms with E-state index in [1.54, 1.807) is 0 Å². The minimum Gasteiger partial charge on any atom is -0.480 e. The molecule has 1 heterocycles. The third kappa shape index (κ3) is 1.53. The number of furan rings is 1. The van der Waals surface area contributed by atoms with Crippen molar-refractivity contribution in [2.75, 3.05) is 0 Å². The monoisotopic (exact) mass is 175 g/mol. The molecule has 0 fully saturated rings. The lowest BCUT2D eigenvalue weighted by atomic mass is 10.2. The summed E-state index contributed by atoms with van der Waals surface area (Å²) in [4.78, 5) is 10.3. The van der Waals surface area contributed by atoms with Crippen molar-refractivity contribution in [3.8, 4) is 0 Å². The molecule has 5 heteroatoms. The highest BCUT2D eigenvalue weighted by atomic mass is 35.5. The first kappa shape index (κ1) is 8.10. The average molecular weight is 176 g/mol. The highest BCUT2D eigenvalue weighted by molar-refractivity contribution is 6.31. The minimum absolute atomic E-state index is 0.236. The van der Waals surface area contributed by atoms with Crippen LogP contribution >= 0.6 is 11.6 Å². The van der Waals surface area contributed by atoms with Crippen LogP contribution < -0.4 is 5.73 Å². The van der Waals surface area contributed by atoms with E-state index in [-0.39, 0.29) is 5.02 Å². The van der Waals surface area contributed by atoms with E-state index in [0.717, 1.165) is 0 Å². The molecule has 0 amide bonds. The van der Waals surface area contributed by atoms with Crippen LogP contribution in [0.5, 0.6) is 0 Å². The maximum atomic E-state index is 10.3. The Balaban J connectivity index is 2.92. The fraction of sp³-hybridized carbons (Fsp3) is 0.167. The van der Waals surface area contributed by atoms with Crippen molar-refractivity contribution < 1.29 is 14.3 Å². The molecule has 0 saturated heterocycles. The van der Waals surface area contributed by atoms with Crippen molar-refractivity contribution in [2.24, 2.45) is 5.73 Å². The molecular formula is C6H6ClNO3. The van der Waals surface area contributed by atoms with Crippen LogP contribution in [0.1, 0.15) is 11.6 Å². The lowest BCUT2D eigenvalue weighted by Crippen LogP contribution is -2.20. The summed E-state index contributed by atoms with van der Waals surface area (Å²) in [5.41, 5.74) is 5.53. The number of nitrogens with two attached hydrogens (primary N) is 1. The fourth-order valence-corrected chi connectivity index (χ4v) is 0.860. The first-order chi connectivity index (χ1) is 5.13. The Labute approximate surface area is 67.6 Å².